The Kier molecular flexibility index (Phi) is 6.17. The molecule has 0 aromatic heterocycles. The second-order valence-corrected chi connectivity index (χ2v) is 5.90. The average Bonchev–Trinajstić information content (AvgIpc) is 2.27. The lowest BCUT2D eigenvalue weighted by atomic mass is 10.3. The molecular weight excluding hydrogens is 301 g/mol. The third-order valence-electron chi connectivity index (χ3n) is 1.91. The first-order chi connectivity index (χ1) is 8.40. The molecule has 102 valence electrons. The molecule has 0 aliphatic rings. The maximum Gasteiger partial charge on any atom is 0.211 e. The lowest BCUT2D eigenvalue weighted by Crippen LogP contribution is -2.21. The Morgan fingerprint density at radius 2 is 1.89 bits per heavy atom. The van der Waals surface area contributed by atoms with Crippen molar-refractivity contribution >= 4 is 33.2 Å². The van der Waals surface area contributed by atoms with Gasteiger partial charge in [-0.1, -0.05) is 29.3 Å². The summed E-state index contributed by atoms with van der Waals surface area (Å²) in [6, 6.07) is 5.04. The summed E-state index contributed by atoms with van der Waals surface area (Å²) in [5.41, 5.74) is 0. The molecule has 0 unspecified atom stereocenters. The first-order valence-corrected chi connectivity index (χ1v) is 7.52. The minimum atomic E-state index is -3.48. The van der Waals surface area contributed by atoms with E-state index in [1.54, 1.807) is 18.2 Å². The number of ether oxygens (including phenoxy) is 2. The predicted molar refractivity (Wildman–Crippen MR) is 70.8 cm³/mol. The van der Waals surface area contributed by atoms with Gasteiger partial charge in [-0.25, -0.2) is 13.6 Å². The second-order valence-electron chi connectivity index (χ2n) is 3.38. The summed E-state index contributed by atoms with van der Waals surface area (Å²) in [5.74, 6) is 0.240. The van der Waals surface area contributed by atoms with Gasteiger partial charge in [-0.15, -0.1) is 0 Å². The smallest absolute Gasteiger partial charge is 0.211 e. The van der Waals surface area contributed by atoms with Crippen molar-refractivity contribution in [3.8, 4) is 5.75 Å². The average molecular weight is 314 g/mol. The molecule has 0 amide bonds. The highest BCUT2D eigenvalue weighted by molar-refractivity contribution is 7.89. The Bertz CT molecular complexity index is 493. The van der Waals surface area contributed by atoms with E-state index in [0.717, 1.165) is 0 Å². The van der Waals surface area contributed by atoms with Crippen LogP contribution in [0.5, 0.6) is 5.75 Å². The number of benzene rings is 1. The topological polar surface area (TPSA) is 78.6 Å². The van der Waals surface area contributed by atoms with Gasteiger partial charge in [-0.05, 0) is 12.1 Å². The van der Waals surface area contributed by atoms with E-state index in [1.807, 2.05) is 0 Å². The van der Waals surface area contributed by atoms with E-state index >= 15 is 0 Å². The van der Waals surface area contributed by atoms with Crippen LogP contribution in [0.1, 0.15) is 0 Å². The van der Waals surface area contributed by atoms with Crippen LogP contribution in [0, 0.1) is 0 Å². The van der Waals surface area contributed by atoms with Crippen molar-refractivity contribution in [2.45, 2.75) is 0 Å². The van der Waals surface area contributed by atoms with Gasteiger partial charge < -0.3 is 9.47 Å². The number of nitrogens with two attached hydrogens (primary N) is 1. The van der Waals surface area contributed by atoms with Gasteiger partial charge in [0, 0.05) is 0 Å². The molecule has 18 heavy (non-hydrogen) atoms. The van der Waals surface area contributed by atoms with Crippen molar-refractivity contribution in [1.82, 2.24) is 0 Å². The summed E-state index contributed by atoms with van der Waals surface area (Å²) < 4.78 is 31.6. The van der Waals surface area contributed by atoms with Crippen LogP contribution >= 0.6 is 23.2 Å². The summed E-state index contributed by atoms with van der Waals surface area (Å²) in [5, 5.41) is 5.55. The quantitative estimate of drug-likeness (QED) is 0.777. The molecule has 2 N–H and O–H groups in total. The zero-order valence-electron chi connectivity index (χ0n) is 9.43. The number of rotatable bonds is 7. The van der Waals surface area contributed by atoms with Crippen LogP contribution in [0.4, 0.5) is 0 Å². The molecule has 0 fully saturated rings. The molecule has 0 atom stereocenters. The highest BCUT2D eigenvalue weighted by atomic mass is 35.5. The fraction of sp³-hybridized carbons (Fsp3) is 0.400. The van der Waals surface area contributed by atoms with E-state index in [2.05, 4.69) is 0 Å². The van der Waals surface area contributed by atoms with E-state index in [-0.39, 0.29) is 25.6 Å². The molecule has 0 spiro atoms. The second kappa shape index (κ2) is 7.16. The molecule has 0 radical (unpaired) electrons. The first kappa shape index (κ1) is 15.5. The van der Waals surface area contributed by atoms with Gasteiger partial charge in [0.15, 0.2) is 0 Å². The standard InChI is InChI=1S/C10H13Cl2NO4S/c11-8-2-1-3-9(10(8)12)17-5-4-16-6-7-18(13,14)15/h1-3H,4-7H2,(H2,13,14,15). The summed E-state index contributed by atoms with van der Waals surface area (Å²) in [4.78, 5) is 0. The third-order valence-corrected chi connectivity index (χ3v) is 3.45. The Hall–Kier alpha value is -0.530. The van der Waals surface area contributed by atoms with Crippen LogP contribution < -0.4 is 9.88 Å². The Morgan fingerprint density at radius 3 is 2.56 bits per heavy atom. The van der Waals surface area contributed by atoms with E-state index in [0.29, 0.717) is 15.8 Å². The zero-order valence-corrected chi connectivity index (χ0v) is 11.8. The normalized spacial score (nSPS) is 11.5. The van der Waals surface area contributed by atoms with Crippen LogP contribution in [0.3, 0.4) is 0 Å². The van der Waals surface area contributed by atoms with Crippen LogP contribution in [0.25, 0.3) is 0 Å². The van der Waals surface area contributed by atoms with Crippen molar-refractivity contribution in [3.63, 3.8) is 0 Å². The van der Waals surface area contributed by atoms with Gasteiger partial charge >= 0.3 is 0 Å². The lowest BCUT2D eigenvalue weighted by molar-refractivity contribution is 0.111. The molecule has 8 heteroatoms. The number of halogens is 2. The van der Waals surface area contributed by atoms with Gasteiger partial charge in [0.25, 0.3) is 0 Å². The molecule has 5 nitrogen and oxygen atoms in total. The molecule has 0 bridgehead atoms. The van der Waals surface area contributed by atoms with Crippen molar-refractivity contribution < 1.29 is 17.9 Å². The van der Waals surface area contributed by atoms with E-state index in [1.165, 1.54) is 0 Å². The number of hydrogen-bond acceptors (Lipinski definition) is 4. The molecule has 1 rings (SSSR count). The van der Waals surface area contributed by atoms with Crippen LogP contribution in [0.15, 0.2) is 18.2 Å². The molecule has 1 aromatic rings. The monoisotopic (exact) mass is 313 g/mol. The largest absolute Gasteiger partial charge is 0.490 e. The fourth-order valence-corrected chi connectivity index (χ4v) is 1.78. The molecule has 0 saturated carbocycles. The van der Waals surface area contributed by atoms with Crippen molar-refractivity contribution in [2.75, 3.05) is 25.6 Å². The van der Waals surface area contributed by atoms with Crippen molar-refractivity contribution in [2.24, 2.45) is 5.14 Å². The summed E-state index contributed by atoms with van der Waals surface area (Å²) in [6.45, 7) is 0.508. The van der Waals surface area contributed by atoms with E-state index in [4.69, 9.17) is 37.8 Å². The highest BCUT2D eigenvalue weighted by Crippen LogP contribution is 2.31. The third kappa shape index (κ3) is 5.88. The van der Waals surface area contributed by atoms with Crippen molar-refractivity contribution in [1.29, 1.82) is 0 Å². The molecule has 0 saturated heterocycles. The summed E-state index contributed by atoms with van der Waals surface area (Å²) in [6.07, 6.45) is 0. The molecule has 1 aromatic carbocycles. The van der Waals surface area contributed by atoms with Crippen LogP contribution in [-0.4, -0.2) is 34.0 Å². The minimum absolute atomic E-state index is 0.0332. The fourth-order valence-electron chi connectivity index (χ4n) is 1.08. The number of primary sulfonamides is 1. The zero-order chi connectivity index (χ0) is 13.6. The molecule has 0 heterocycles. The van der Waals surface area contributed by atoms with E-state index < -0.39 is 10.0 Å². The van der Waals surface area contributed by atoms with Gasteiger partial charge in [-0.2, -0.15) is 0 Å². The van der Waals surface area contributed by atoms with E-state index in [9.17, 15) is 8.42 Å². The maximum absolute atomic E-state index is 10.6. The lowest BCUT2D eigenvalue weighted by Gasteiger charge is -2.09. The highest BCUT2D eigenvalue weighted by Gasteiger charge is 2.05. The summed E-state index contributed by atoms with van der Waals surface area (Å²) >= 11 is 11.7. The molecule has 0 aliphatic carbocycles. The van der Waals surface area contributed by atoms with Crippen LogP contribution in [-0.2, 0) is 14.8 Å². The minimum Gasteiger partial charge on any atom is -0.490 e. The van der Waals surface area contributed by atoms with Gasteiger partial charge in [-0.3, -0.25) is 0 Å². The van der Waals surface area contributed by atoms with Gasteiger partial charge in [0.2, 0.25) is 10.0 Å². The first-order valence-electron chi connectivity index (χ1n) is 5.05. The SMILES string of the molecule is NS(=O)(=O)CCOCCOc1cccc(Cl)c1Cl. The predicted octanol–water partition coefficient (Wildman–Crippen LogP) is 1.68. The molecule has 0 aliphatic heterocycles. The van der Waals surface area contributed by atoms with Crippen molar-refractivity contribution in [3.05, 3.63) is 28.2 Å². The van der Waals surface area contributed by atoms with Gasteiger partial charge in [0.05, 0.1) is 24.0 Å². The molecular formula is C10H13Cl2NO4S. The Labute approximate surface area is 116 Å². The number of sulfonamides is 1. The summed E-state index contributed by atoms with van der Waals surface area (Å²) in [7, 11) is -3.48. The maximum atomic E-state index is 10.6. The Morgan fingerprint density at radius 1 is 1.17 bits per heavy atom. The van der Waals surface area contributed by atoms with Gasteiger partial charge in [0.1, 0.15) is 17.4 Å². The Balaban J connectivity index is 2.24. The number of hydrogen-bond donors (Lipinski definition) is 1. The van der Waals surface area contributed by atoms with Crippen LogP contribution in [0.2, 0.25) is 10.0 Å².